The molecule has 0 saturated heterocycles. The van der Waals surface area contributed by atoms with E-state index in [1.165, 1.54) is 5.01 Å². The predicted octanol–water partition coefficient (Wildman–Crippen LogP) is 5.39. The Kier molecular flexibility index (Phi) is 5.89. The zero-order chi connectivity index (χ0) is 26.1. The van der Waals surface area contributed by atoms with Crippen LogP contribution in [0, 0.1) is 0 Å². The minimum atomic E-state index is -0.997. The average molecular weight is 503 g/mol. The molecule has 1 aliphatic rings. The summed E-state index contributed by atoms with van der Waals surface area (Å²) in [4.78, 5) is 24.6. The first kappa shape index (κ1) is 23.2. The fourth-order valence-corrected chi connectivity index (χ4v) is 4.40. The maximum atomic E-state index is 13.5. The Hall–Kier alpha value is -5.24. The zero-order valence-electron chi connectivity index (χ0n) is 20.2. The molecular weight excluding hydrogens is 480 g/mol. The van der Waals surface area contributed by atoms with Gasteiger partial charge < -0.3 is 9.52 Å². The van der Waals surface area contributed by atoms with Crippen molar-refractivity contribution in [1.82, 2.24) is 14.8 Å². The van der Waals surface area contributed by atoms with Crippen molar-refractivity contribution in [2.75, 3.05) is 6.54 Å². The standard InChI is InChI=1S/C30H22N4O4/c35-27(36)15-16-33-30(37)24(28(31-33)20-9-3-1-4-10-20)17-22-19-34(23-12-5-2-6-13-23)32-29(22)26-18-21-11-7-8-14-25(21)38-26/h1-14,17-19H,15-16H2,(H,35,36)/b24-17-. The first-order chi connectivity index (χ1) is 18.6. The molecule has 1 aliphatic heterocycles. The molecule has 0 bridgehead atoms. The molecule has 0 unspecified atom stereocenters. The summed E-state index contributed by atoms with van der Waals surface area (Å²) in [7, 11) is 0. The number of aliphatic carboxylic acids is 1. The van der Waals surface area contributed by atoms with E-state index in [4.69, 9.17) is 14.6 Å². The van der Waals surface area contributed by atoms with E-state index in [0.717, 1.165) is 22.2 Å². The van der Waals surface area contributed by atoms with E-state index < -0.39 is 5.97 Å². The van der Waals surface area contributed by atoms with Crippen LogP contribution in [0.5, 0.6) is 0 Å². The van der Waals surface area contributed by atoms with E-state index in [2.05, 4.69) is 5.10 Å². The molecule has 0 aliphatic carbocycles. The van der Waals surface area contributed by atoms with E-state index >= 15 is 0 Å². The summed E-state index contributed by atoms with van der Waals surface area (Å²) in [6, 6.07) is 28.7. The van der Waals surface area contributed by atoms with Crippen molar-refractivity contribution in [1.29, 1.82) is 0 Å². The van der Waals surface area contributed by atoms with E-state index in [-0.39, 0.29) is 18.9 Å². The second-order valence-corrected chi connectivity index (χ2v) is 8.81. The number of para-hydroxylation sites is 2. The van der Waals surface area contributed by atoms with Gasteiger partial charge in [-0.05, 0) is 30.3 Å². The van der Waals surface area contributed by atoms with Crippen LogP contribution in [0.4, 0.5) is 0 Å². The lowest BCUT2D eigenvalue weighted by Gasteiger charge is -2.09. The number of carboxylic acid groups (broad SMARTS) is 1. The SMILES string of the molecule is O=C(O)CCN1N=C(c2ccccc2)/C(=C/c2cn(-c3ccccc3)nc2-c2cc3ccccc3o2)C1=O. The number of rotatable bonds is 7. The van der Waals surface area contributed by atoms with Gasteiger partial charge in [-0.3, -0.25) is 9.59 Å². The molecule has 1 N–H and O–H groups in total. The van der Waals surface area contributed by atoms with Crippen LogP contribution in [0.25, 0.3) is 34.2 Å². The number of furan rings is 1. The molecule has 3 heterocycles. The molecule has 186 valence electrons. The highest BCUT2D eigenvalue weighted by molar-refractivity contribution is 6.33. The minimum Gasteiger partial charge on any atom is -0.481 e. The smallest absolute Gasteiger partial charge is 0.305 e. The van der Waals surface area contributed by atoms with Crippen LogP contribution in [0.1, 0.15) is 17.5 Å². The third kappa shape index (κ3) is 4.39. The molecule has 8 nitrogen and oxygen atoms in total. The Labute approximate surface area is 217 Å². The summed E-state index contributed by atoms with van der Waals surface area (Å²) in [5, 5.41) is 20.6. The third-order valence-electron chi connectivity index (χ3n) is 6.25. The van der Waals surface area contributed by atoms with E-state index in [1.807, 2.05) is 97.2 Å². The number of hydrogen-bond acceptors (Lipinski definition) is 5. The Morgan fingerprint density at radius 1 is 0.947 bits per heavy atom. The molecule has 8 heteroatoms. The molecule has 0 saturated carbocycles. The largest absolute Gasteiger partial charge is 0.481 e. The quantitative estimate of drug-likeness (QED) is 0.301. The van der Waals surface area contributed by atoms with Crippen LogP contribution in [-0.4, -0.2) is 44.0 Å². The number of aromatic nitrogens is 2. The number of benzene rings is 3. The summed E-state index contributed by atoms with van der Waals surface area (Å²) >= 11 is 0. The van der Waals surface area contributed by atoms with Crippen molar-refractivity contribution in [3.63, 3.8) is 0 Å². The number of carbonyl (C=O) groups is 2. The van der Waals surface area contributed by atoms with Crippen LogP contribution in [0.15, 0.2) is 112 Å². The van der Waals surface area contributed by atoms with Crippen LogP contribution >= 0.6 is 0 Å². The summed E-state index contributed by atoms with van der Waals surface area (Å²) in [6.07, 6.45) is 3.39. The molecule has 0 spiro atoms. The van der Waals surface area contributed by atoms with E-state index in [1.54, 1.807) is 10.8 Å². The van der Waals surface area contributed by atoms with Crippen molar-refractivity contribution in [2.24, 2.45) is 5.10 Å². The number of hydrazone groups is 1. The Balaban J connectivity index is 1.50. The van der Waals surface area contributed by atoms with Gasteiger partial charge in [0, 0.05) is 22.7 Å². The molecule has 0 fully saturated rings. The Morgan fingerprint density at radius 3 is 2.39 bits per heavy atom. The fourth-order valence-electron chi connectivity index (χ4n) is 4.40. The normalized spacial score (nSPS) is 14.4. The van der Waals surface area contributed by atoms with Gasteiger partial charge in [-0.25, -0.2) is 9.69 Å². The van der Waals surface area contributed by atoms with Gasteiger partial charge in [0.25, 0.3) is 5.91 Å². The summed E-state index contributed by atoms with van der Waals surface area (Å²) in [6.45, 7) is -0.0262. The second-order valence-electron chi connectivity index (χ2n) is 8.81. The van der Waals surface area contributed by atoms with Crippen molar-refractivity contribution in [2.45, 2.75) is 6.42 Å². The molecule has 5 aromatic rings. The number of hydrogen-bond donors (Lipinski definition) is 1. The van der Waals surface area contributed by atoms with Crippen LogP contribution in [0.3, 0.4) is 0 Å². The molecule has 2 aromatic heterocycles. The van der Waals surface area contributed by atoms with Gasteiger partial charge in [0.2, 0.25) is 0 Å². The van der Waals surface area contributed by atoms with Gasteiger partial charge in [0.15, 0.2) is 5.76 Å². The van der Waals surface area contributed by atoms with E-state index in [9.17, 15) is 9.59 Å². The van der Waals surface area contributed by atoms with Gasteiger partial charge in [-0.15, -0.1) is 0 Å². The Morgan fingerprint density at radius 2 is 1.66 bits per heavy atom. The maximum absolute atomic E-state index is 13.5. The van der Waals surface area contributed by atoms with Crippen LogP contribution in [0.2, 0.25) is 0 Å². The lowest BCUT2D eigenvalue weighted by atomic mass is 10.00. The summed E-state index contributed by atoms with van der Waals surface area (Å²) in [5.41, 5.74) is 4.41. The molecule has 0 radical (unpaired) electrons. The monoisotopic (exact) mass is 502 g/mol. The van der Waals surface area contributed by atoms with Gasteiger partial charge in [-0.2, -0.15) is 10.2 Å². The highest BCUT2D eigenvalue weighted by atomic mass is 16.4. The summed E-state index contributed by atoms with van der Waals surface area (Å²) < 4.78 is 7.88. The molecule has 38 heavy (non-hydrogen) atoms. The van der Waals surface area contributed by atoms with Crippen molar-refractivity contribution in [3.8, 4) is 17.1 Å². The van der Waals surface area contributed by atoms with Crippen LogP contribution < -0.4 is 0 Å². The number of amides is 1. The summed E-state index contributed by atoms with van der Waals surface area (Å²) in [5.74, 6) is -0.796. The first-order valence-corrected chi connectivity index (χ1v) is 12.1. The number of carboxylic acids is 1. The molecule has 6 rings (SSSR count). The number of carbonyl (C=O) groups excluding carboxylic acids is 1. The lowest BCUT2D eigenvalue weighted by molar-refractivity contribution is -0.137. The highest BCUT2D eigenvalue weighted by Crippen LogP contribution is 2.32. The molecule has 0 atom stereocenters. The number of fused-ring (bicyclic) bond motifs is 1. The lowest BCUT2D eigenvalue weighted by Crippen LogP contribution is -2.24. The topological polar surface area (TPSA) is 101 Å². The van der Waals surface area contributed by atoms with Crippen molar-refractivity contribution < 1.29 is 19.1 Å². The molecular formula is C30H22N4O4. The van der Waals surface area contributed by atoms with Gasteiger partial charge >= 0.3 is 5.97 Å². The highest BCUT2D eigenvalue weighted by Gasteiger charge is 2.32. The van der Waals surface area contributed by atoms with E-state index in [0.29, 0.717) is 28.3 Å². The molecule has 1 amide bonds. The van der Waals surface area contributed by atoms with Gasteiger partial charge in [0.05, 0.1) is 24.2 Å². The second kappa shape index (κ2) is 9.67. The Bertz CT molecular complexity index is 1680. The number of nitrogens with zero attached hydrogens (tertiary/aromatic N) is 4. The predicted molar refractivity (Wildman–Crippen MR) is 144 cm³/mol. The third-order valence-corrected chi connectivity index (χ3v) is 6.25. The van der Waals surface area contributed by atoms with Crippen molar-refractivity contribution >= 4 is 34.6 Å². The van der Waals surface area contributed by atoms with Crippen LogP contribution in [-0.2, 0) is 9.59 Å². The first-order valence-electron chi connectivity index (χ1n) is 12.1. The maximum Gasteiger partial charge on any atom is 0.305 e. The zero-order valence-corrected chi connectivity index (χ0v) is 20.2. The van der Waals surface area contributed by atoms with Crippen molar-refractivity contribution in [3.05, 3.63) is 114 Å². The minimum absolute atomic E-state index is 0.0262. The van der Waals surface area contributed by atoms with Gasteiger partial charge in [0.1, 0.15) is 17.0 Å². The fraction of sp³-hybridized carbons (Fsp3) is 0.0667. The molecule has 3 aromatic carbocycles. The average Bonchev–Trinajstić information content (AvgIpc) is 3.64. The van der Waals surface area contributed by atoms with Gasteiger partial charge in [-0.1, -0.05) is 66.7 Å².